The standard InChI is InChI=1S/C21H19N3O2S2/c25-19(13-27-21-23-15-7-1-3-9-17(15)26-21)24-11-5-6-14(12-24)20-22-16-8-2-4-10-18(16)28-20/h1-4,7-10,14H,5-6,11-13H2/t14-/m0/s1. The van der Waals surface area contributed by atoms with Crippen LogP contribution in [0.3, 0.4) is 0 Å². The fourth-order valence-electron chi connectivity index (χ4n) is 3.60. The molecule has 1 atom stereocenters. The third-order valence-corrected chi connectivity index (χ3v) is 7.04. The monoisotopic (exact) mass is 409 g/mol. The zero-order chi connectivity index (χ0) is 18.9. The Kier molecular flexibility index (Phi) is 4.78. The SMILES string of the molecule is O=C(CSc1nc2ccccc2o1)N1CCC[C@H](c2nc3ccccc3s2)C1. The van der Waals surface area contributed by atoms with Gasteiger partial charge in [-0.05, 0) is 37.1 Å². The van der Waals surface area contributed by atoms with E-state index in [2.05, 4.69) is 17.1 Å². The topological polar surface area (TPSA) is 59.2 Å². The summed E-state index contributed by atoms with van der Waals surface area (Å²) in [5.41, 5.74) is 2.63. The molecule has 5 nitrogen and oxygen atoms in total. The zero-order valence-corrected chi connectivity index (χ0v) is 16.8. The van der Waals surface area contributed by atoms with Crippen LogP contribution in [0.5, 0.6) is 0 Å². The molecule has 2 aromatic carbocycles. The van der Waals surface area contributed by atoms with Crippen LogP contribution >= 0.6 is 23.1 Å². The van der Waals surface area contributed by atoms with E-state index in [1.165, 1.54) is 16.5 Å². The molecular weight excluding hydrogens is 390 g/mol. The Balaban J connectivity index is 1.24. The van der Waals surface area contributed by atoms with Crippen molar-refractivity contribution in [1.29, 1.82) is 0 Å². The minimum atomic E-state index is 0.137. The lowest BCUT2D eigenvalue weighted by atomic mass is 9.99. The van der Waals surface area contributed by atoms with Gasteiger partial charge in [-0.2, -0.15) is 0 Å². The predicted octanol–water partition coefficient (Wildman–Crippen LogP) is 4.94. The summed E-state index contributed by atoms with van der Waals surface area (Å²) in [6, 6.07) is 15.9. The van der Waals surface area contributed by atoms with Crippen molar-refractivity contribution in [3.63, 3.8) is 0 Å². The average Bonchev–Trinajstić information content (AvgIpc) is 3.35. The second-order valence-electron chi connectivity index (χ2n) is 6.93. The molecule has 1 amide bonds. The second-order valence-corrected chi connectivity index (χ2v) is 8.92. The molecule has 1 saturated heterocycles. The van der Waals surface area contributed by atoms with E-state index in [4.69, 9.17) is 9.40 Å². The maximum Gasteiger partial charge on any atom is 0.257 e. The van der Waals surface area contributed by atoms with Crippen molar-refractivity contribution in [2.24, 2.45) is 0 Å². The summed E-state index contributed by atoms with van der Waals surface area (Å²) in [6.07, 6.45) is 2.10. The summed E-state index contributed by atoms with van der Waals surface area (Å²) in [5, 5.41) is 1.69. The minimum Gasteiger partial charge on any atom is -0.431 e. The molecule has 1 fully saturated rings. The molecule has 0 bridgehead atoms. The summed E-state index contributed by atoms with van der Waals surface area (Å²) in [7, 11) is 0. The molecule has 0 spiro atoms. The fraction of sp³-hybridized carbons (Fsp3) is 0.286. The van der Waals surface area contributed by atoms with Crippen LogP contribution in [0.25, 0.3) is 21.3 Å². The lowest BCUT2D eigenvalue weighted by Crippen LogP contribution is -2.40. The van der Waals surface area contributed by atoms with Gasteiger partial charge in [-0.3, -0.25) is 4.79 Å². The molecule has 5 rings (SSSR count). The summed E-state index contributed by atoms with van der Waals surface area (Å²) in [6.45, 7) is 1.56. The number of hydrogen-bond donors (Lipinski definition) is 0. The Morgan fingerprint density at radius 3 is 2.82 bits per heavy atom. The van der Waals surface area contributed by atoms with Crippen LogP contribution in [0.1, 0.15) is 23.8 Å². The summed E-state index contributed by atoms with van der Waals surface area (Å²) >= 11 is 3.12. The maximum atomic E-state index is 12.8. The van der Waals surface area contributed by atoms with Crippen molar-refractivity contribution >= 4 is 50.3 Å². The van der Waals surface area contributed by atoms with Gasteiger partial charge in [0.1, 0.15) is 5.52 Å². The summed E-state index contributed by atoms with van der Waals surface area (Å²) in [5.74, 6) is 0.807. The number of fused-ring (bicyclic) bond motifs is 2. The molecular formula is C21H19N3O2S2. The lowest BCUT2D eigenvalue weighted by molar-refractivity contribution is -0.129. The van der Waals surface area contributed by atoms with Crippen molar-refractivity contribution in [3.8, 4) is 0 Å². The van der Waals surface area contributed by atoms with Gasteiger partial charge in [-0.25, -0.2) is 9.97 Å². The van der Waals surface area contributed by atoms with Crippen molar-refractivity contribution in [3.05, 3.63) is 53.5 Å². The van der Waals surface area contributed by atoms with E-state index in [0.717, 1.165) is 47.6 Å². The number of amides is 1. The van der Waals surface area contributed by atoms with Crippen LogP contribution in [0.15, 0.2) is 58.2 Å². The van der Waals surface area contributed by atoms with Gasteiger partial charge in [-0.1, -0.05) is 36.0 Å². The molecule has 3 heterocycles. The Hall–Kier alpha value is -2.38. The van der Waals surface area contributed by atoms with E-state index in [9.17, 15) is 4.79 Å². The van der Waals surface area contributed by atoms with Gasteiger partial charge in [0.15, 0.2) is 5.58 Å². The van der Waals surface area contributed by atoms with Gasteiger partial charge < -0.3 is 9.32 Å². The van der Waals surface area contributed by atoms with E-state index in [-0.39, 0.29) is 5.91 Å². The Morgan fingerprint density at radius 2 is 1.96 bits per heavy atom. The van der Waals surface area contributed by atoms with E-state index >= 15 is 0 Å². The Labute approximate surface area is 170 Å². The average molecular weight is 410 g/mol. The zero-order valence-electron chi connectivity index (χ0n) is 15.2. The van der Waals surface area contributed by atoms with Crippen molar-refractivity contribution in [1.82, 2.24) is 14.9 Å². The number of likely N-dealkylation sites (tertiary alicyclic amines) is 1. The third kappa shape index (κ3) is 3.52. The molecule has 4 aromatic rings. The molecule has 0 N–H and O–H groups in total. The molecule has 0 unspecified atom stereocenters. The van der Waals surface area contributed by atoms with Crippen molar-refractivity contribution < 1.29 is 9.21 Å². The van der Waals surface area contributed by atoms with Crippen molar-refractivity contribution in [2.45, 2.75) is 24.0 Å². The van der Waals surface area contributed by atoms with Gasteiger partial charge >= 0.3 is 0 Å². The van der Waals surface area contributed by atoms with Crippen LogP contribution in [-0.4, -0.2) is 39.6 Å². The molecule has 28 heavy (non-hydrogen) atoms. The van der Waals surface area contributed by atoms with Gasteiger partial charge in [0.25, 0.3) is 5.22 Å². The van der Waals surface area contributed by atoms with E-state index in [1.807, 2.05) is 41.3 Å². The van der Waals surface area contributed by atoms with Crippen LogP contribution in [0.4, 0.5) is 0 Å². The van der Waals surface area contributed by atoms with Crippen LogP contribution in [-0.2, 0) is 4.79 Å². The number of piperidine rings is 1. The quantitative estimate of drug-likeness (QED) is 0.447. The lowest BCUT2D eigenvalue weighted by Gasteiger charge is -2.31. The molecule has 7 heteroatoms. The number of aromatic nitrogens is 2. The summed E-state index contributed by atoms with van der Waals surface area (Å²) < 4.78 is 6.92. The van der Waals surface area contributed by atoms with Crippen LogP contribution < -0.4 is 0 Å². The number of oxazole rings is 1. The smallest absolute Gasteiger partial charge is 0.257 e. The maximum absolute atomic E-state index is 12.8. The minimum absolute atomic E-state index is 0.137. The fourth-order valence-corrected chi connectivity index (χ4v) is 5.43. The van der Waals surface area contributed by atoms with Gasteiger partial charge in [0.2, 0.25) is 5.91 Å². The van der Waals surface area contributed by atoms with E-state index in [0.29, 0.717) is 16.9 Å². The van der Waals surface area contributed by atoms with E-state index in [1.54, 1.807) is 11.3 Å². The predicted molar refractivity (Wildman–Crippen MR) is 113 cm³/mol. The number of para-hydroxylation sites is 3. The van der Waals surface area contributed by atoms with Gasteiger partial charge in [0, 0.05) is 19.0 Å². The number of thiazole rings is 1. The number of carbonyl (C=O) groups excluding carboxylic acids is 1. The molecule has 0 radical (unpaired) electrons. The highest BCUT2D eigenvalue weighted by molar-refractivity contribution is 7.99. The van der Waals surface area contributed by atoms with Gasteiger partial charge in [0.05, 0.1) is 21.0 Å². The number of nitrogens with zero attached hydrogens (tertiary/aromatic N) is 3. The number of thioether (sulfide) groups is 1. The first kappa shape index (κ1) is 17.7. The van der Waals surface area contributed by atoms with E-state index < -0.39 is 0 Å². The molecule has 1 aliphatic heterocycles. The molecule has 142 valence electrons. The number of carbonyl (C=O) groups is 1. The largest absolute Gasteiger partial charge is 0.431 e. The molecule has 0 saturated carbocycles. The highest BCUT2D eigenvalue weighted by Gasteiger charge is 2.27. The molecule has 2 aromatic heterocycles. The Bertz CT molecular complexity index is 1070. The second kappa shape index (κ2) is 7.56. The number of benzene rings is 2. The van der Waals surface area contributed by atoms with Crippen molar-refractivity contribution in [2.75, 3.05) is 18.8 Å². The molecule has 1 aliphatic rings. The Morgan fingerprint density at radius 1 is 1.14 bits per heavy atom. The normalized spacial score (nSPS) is 17.4. The third-order valence-electron chi connectivity index (χ3n) is 5.03. The first-order chi connectivity index (χ1) is 13.8. The highest BCUT2D eigenvalue weighted by Crippen LogP contribution is 2.33. The summed E-state index contributed by atoms with van der Waals surface area (Å²) in [4.78, 5) is 24.0. The first-order valence-electron chi connectivity index (χ1n) is 9.38. The molecule has 0 aliphatic carbocycles. The number of rotatable bonds is 4. The highest BCUT2D eigenvalue weighted by atomic mass is 32.2. The first-order valence-corrected chi connectivity index (χ1v) is 11.2. The number of hydrogen-bond acceptors (Lipinski definition) is 6. The van der Waals surface area contributed by atoms with Crippen LogP contribution in [0, 0.1) is 0 Å². The van der Waals surface area contributed by atoms with Crippen LogP contribution in [0.2, 0.25) is 0 Å². The van der Waals surface area contributed by atoms with Gasteiger partial charge in [-0.15, -0.1) is 11.3 Å².